The first-order valence-corrected chi connectivity index (χ1v) is 6.47. The molecule has 0 unspecified atom stereocenters. The average molecular weight is 289 g/mol. The number of hydrogen-bond acceptors (Lipinski definition) is 6. The van der Waals surface area contributed by atoms with Crippen molar-refractivity contribution < 1.29 is 14.2 Å². The summed E-state index contributed by atoms with van der Waals surface area (Å²) in [4.78, 5) is 10.6. The van der Waals surface area contributed by atoms with E-state index in [2.05, 4.69) is 9.97 Å². The molecule has 6 nitrogen and oxygen atoms in total. The number of methoxy groups -OCH3 is 3. The van der Waals surface area contributed by atoms with E-state index < -0.39 is 0 Å². The van der Waals surface area contributed by atoms with E-state index in [1.54, 1.807) is 27.4 Å². The van der Waals surface area contributed by atoms with Crippen molar-refractivity contribution >= 4 is 5.95 Å². The molecule has 0 atom stereocenters. The molecule has 0 aliphatic heterocycles. The number of anilines is 1. The first kappa shape index (κ1) is 14.9. The van der Waals surface area contributed by atoms with Crippen LogP contribution in [0.2, 0.25) is 0 Å². The zero-order chi connectivity index (χ0) is 15.2. The summed E-state index contributed by atoms with van der Waals surface area (Å²) in [6, 6.07) is 9.51. The Morgan fingerprint density at radius 3 is 1.95 bits per heavy atom. The second kappa shape index (κ2) is 6.78. The summed E-state index contributed by atoms with van der Waals surface area (Å²) in [6.45, 7) is 0.667. The van der Waals surface area contributed by atoms with Gasteiger partial charge in [0, 0.05) is 13.6 Å². The van der Waals surface area contributed by atoms with Crippen LogP contribution in [0, 0.1) is 0 Å². The fourth-order valence-electron chi connectivity index (χ4n) is 1.85. The van der Waals surface area contributed by atoms with Crippen LogP contribution >= 0.6 is 0 Å². The number of nitrogens with zero attached hydrogens (tertiary/aromatic N) is 3. The normalized spacial score (nSPS) is 10.1. The molecule has 0 radical (unpaired) electrons. The van der Waals surface area contributed by atoms with Gasteiger partial charge in [-0.1, -0.05) is 12.1 Å². The van der Waals surface area contributed by atoms with Gasteiger partial charge in [-0.15, -0.1) is 0 Å². The fourth-order valence-corrected chi connectivity index (χ4v) is 1.85. The maximum Gasteiger partial charge on any atom is 0.232 e. The molecule has 0 aliphatic rings. The molecular formula is C15H19N3O3. The highest BCUT2D eigenvalue weighted by Crippen LogP contribution is 2.21. The molecule has 1 heterocycles. The number of aromatic nitrogens is 2. The third-order valence-electron chi connectivity index (χ3n) is 3.01. The van der Waals surface area contributed by atoms with E-state index in [1.807, 2.05) is 36.2 Å². The lowest BCUT2D eigenvalue weighted by atomic mass is 10.2. The van der Waals surface area contributed by atoms with Crippen LogP contribution in [0.15, 0.2) is 30.3 Å². The molecule has 0 aliphatic carbocycles. The Hall–Kier alpha value is -2.50. The highest BCUT2D eigenvalue weighted by molar-refractivity contribution is 5.38. The van der Waals surface area contributed by atoms with Crippen molar-refractivity contribution in [1.29, 1.82) is 0 Å². The molecule has 0 spiro atoms. The Balaban J connectivity index is 2.16. The Morgan fingerprint density at radius 1 is 0.905 bits per heavy atom. The monoisotopic (exact) mass is 289 g/mol. The van der Waals surface area contributed by atoms with E-state index in [1.165, 1.54) is 0 Å². The first-order valence-electron chi connectivity index (χ1n) is 6.47. The smallest absolute Gasteiger partial charge is 0.232 e. The Labute approximate surface area is 124 Å². The Bertz CT molecular complexity index is 565. The van der Waals surface area contributed by atoms with Crippen molar-refractivity contribution in [1.82, 2.24) is 9.97 Å². The van der Waals surface area contributed by atoms with Gasteiger partial charge in [-0.25, -0.2) is 0 Å². The Morgan fingerprint density at radius 2 is 1.48 bits per heavy atom. The van der Waals surface area contributed by atoms with Gasteiger partial charge in [-0.2, -0.15) is 9.97 Å². The molecule has 0 bridgehead atoms. The summed E-state index contributed by atoms with van der Waals surface area (Å²) < 4.78 is 15.5. The molecule has 0 saturated heterocycles. The number of ether oxygens (including phenoxy) is 3. The zero-order valence-electron chi connectivity index (χ0n) is 12.7. The Kier molecular flexibility index (Phi) is 4.81. The van der Waals surface area contributed by atoms with Crippen LogP contribution in [0.4, 0.5) is 5.95 Å². The molecule has 0 amide bonds. The topological polar surface area (TPSA) is 56.7 Å². The summed E-state index contributed by atoms with van der Waals surface area (Å²) >= 11 is 0. The van der Waals surface area contributed by atoms with Gasteiger partial charge in [-0.3, -0.25) is 0 Å². The van der Waals surface area contributed by atoms with Crippen LogP contribution in [0.3, 0.4) is 0 Å². The number of hydrogen-bond donors (Lipinski definition) is 0. The van der Waals surface area contributed by atoms with Crippen LogP contribution < -0.4 is 19.1 Å². The van der Waals surface area contributed by atoms with Gasteiger partial charge < -0.3 is 19.1 Å². The highest BCUT2D eigenvalue weighted by Gasteiger charge is 2.10. The lowest BCUT2D eigenvalue weighted by molar-refractivity contribution is 0.371. The van der Waals surface area contributed by atoms with Gasteiger partial charge in [0.25, 0.3) is 0 Å². The third kappa shape index (κ3) is 3.75. The summed E-state index contributed by atoms with van der Waals surface area (Å²) in [7, 11) is 6.69. The van der Waals surface area contributed by atoms with Crippen molar-refractivity contribution in [3.63, 3.8) is 0 Å². The van der Waals surface area contributed by atoms with Crippen molar-refractivity contribution in [2.24, 2.45) is 0 Å². The first-order chi connectivity index (χ1) is 10.2. The minimum Gasteiger partial charge on any atom is -0.497 e. The van der Waals surface area contributed by atoms with Crippen molar-refractivity contribution in [3.8, 4) is 17.5 Å². The molecule has 6 heteroatoms. The maximum atomic E-state index is 5.15. The van der Waals surface area contributed by atoms with Gasteiger partial charge in [0.15, 0.2) is 0 Å². The summed E-state index contributed by atoms with van der Waals surface area (Å²) in [5, 5.41) is 0. The minimum absolute atomic E-state index is 0.471. The van der Waals surface area contributed by atoms with Crippen LogP contribution in [0.25, 0.3) is 0 Å². The molecular weight excluding hydrogens is 270 g/mol. The number of rotatable bonds is 6. The van der Waals surface area contributed by atoms with Gasteiger partial charge in [0.2, 0.25) is 17.7 Å². The molecule has 2 aromatic rings. The highest BCUT2D eigenvalue weighted by atomic mass is 16.5. The van der Waals surface area contributed by atoms with Crippen molar-refractivity contribution in [2.75, 3.05) is 33.3 Å². The average Bonchev–Trinajstić information content (AvgIpc) is 2.54. The van der Waals surface area contributed by atoms with Gasteiger partial charge in [-0.05, 0) is 17.7 Å². The van der Waals surface area contributed by atoms with Crippen molar-refractivity contribution in [3.05, 3.63) is 35.9 Å². The van der Waals surface area contributed by atoms with E-state index >= 15 is 0 Å². The van der Waals surface area contributed by atoms with Crippen LogP contribution in [0.1, 0.15) is 5.56 Å². The minimum atomic E-state index is 0.471. The fraction of sp³-hybridized carbons (Fsp3) is 0.333. The largest absolute Gasteiger partial charge is 0.497 e. The molecule has 112 valence electrons. The van der Waals surface area contributed by atoms with E-state index in [4.69, 9.17) is 14.2 Å². The zero-order valence-corrected chi connectivity index (χ0v) is 12.7. The van der Waals surface area contributed by atoms with Crippen LogP contribution in [0.5, 0.6) is 17.5 Å². The second-order valence-corrected chi connectivity index (χ2v) is 4.46. The predicted octanol–water partition coefficient (Wildman–Crippen LogP) is 2.14. The SMILES string of the molecule is COc1ccc(CN(C)c2nc(OC)cc(OC)n2)cc1. The number of benzene rings is 1. The standard InChI is InChI=1S/C15H19N3O3/c1-18(10-11-5-7-12(19-2)8-6-11)15-16-13(20-3)9-14(17-15)21-4/h5-9H,10H2,1-4H3. The molecule has 0 fully saturated rings. The van der Waals surface area contributed by atoms with Gasteiger partial charge in [0.1, 0.15) is 5.75 Å². The molecule has 21 heavy (non-hydrogen) atoms. The molecule has 0 saturated carbocycles. The third-order valence-corrected chi connectivity index (χ3v) is 3.01. The predicted molar refractivity (Wildman–Crippen MR) is 80.2 cm³/mol. The van der Waals surface area contributed by atoms with Crippen LogP contribution in [-0.4, -0.2) is 38.3 Å². The lowest BCUT2D eigenvalue weighted by Gasteiger charge is -2.18. The van der Waals surface area contributed by atoms with Crippen molar-refractivity contribution in [2.45, 2.75) is 6.54 Å². The lowest BCUT2D eigenvalue weighted by Crippen LogP contribution is -2.19. The van der Waals surface area contributed by atoms with E-state index in [0.717, 1.165) is 11.3 Å². The molecule has 1 aromatic heterocycles. The van der Waals surface area contributed by atoms with Gasteiger partial charge in [0.05, 0.1) is 27.4 Å². The van der Waals surface area contributed by atoms with E-state index in [-0.39, 0.29) is 0 Å². The summed E-state index contributed by atoms with van der Waals surface area (Å²) in [5.41, 5.74) is 1.13. The van der Waals surface area contributed by atoms with E-state index in [9.17, 15) is 0 Å². The molecule has 0 N–H and O–H groups in total. The summed E-state index contributed by atoms with van der Waals surface area (Å²) in [6.07, 6.45) is 0. The molecule has 2 rings (SSSR count). The quantitative estimate of drug-likeness (QED) is 0.812. The van der Waals surface area contributed by atoms with Crippen LogP contribution in [-0.2, 0) is 6.54 Å². The second-order valence-electron chi connectivity index (χ2n) is 4.46. The maximum absolute atomic E-state index is 5.15. The van der Waals surface area contributed by atoms with E-state index in [0.29, 0.717) is 24.3 Å². The van der Waals surface area contributed by atoms with Gasteiger partial charge >= 0.3 is 0 Å². The molecule has 1 aromatic carbocycles. The summed E-state index contributed by atoms with van der Waals surface area (Å²) in [5.74, 6) is 2.32.